The first-order chi connectivity index (χ1) is 70.9. The Kier molecular flexibility index (Phi) is 33.3. The average Bonchev–Trinajstić information content (AvgIpc) is 1.56. The molecule has 4 saturated heterocycles. The van der Waals surface area contributed by atoms with E-state index in [0.29, 0.717) is 171 Å². The van der Waals surface area contributed by atoms with Crippen LogP contribution in [0.4, 0.5) is 32.1 Å². The molecule has 150 heavy (non-hydrogen) atoms. The zero-order chi connectivity index (χ0) is 109. The number of fused-ring (bicyclic) bond motifs is 4. The van der Waals surface area contributed by atoms with E-state index >= 15 is 0 Å². The summed E-state index contributed by atoms with van der Waals surface area (Å²) in [7, 11) is 1.71. The van der Waals surface area contributed by atoms with Crippen molar-refractivity contribution in [3.8, 4) is 33.9 Å². The van der Waals surface area contributed by atoms with Gasteiger partial charge in [-0.15, -0.1) is 0 Å². The zero-order valence-corrected chi connectivity index (χ0v) is 93.3. The third-order valence-corrected chi connectivity index (χ3v) is 30.5. The van der Waals surface area contributed by atoms with Crippen LogP contribution in [-0.4, -0.2) is 227 Å². The lowest BCUT2D eigenvalue weighted by molar-refractivity contribution is -0.131. The van der Waals surface area contributed by atoms with Crippen molar-refractivity contribution in [2.75, 3.05) is 85.6 Å². The summed E-state index contributed by atoms with van der Waals surface area (Å²) in [4.78, 5) is 148. The number of aliphatic imine (C=N–C) groups is 1. The van der Waals surface area contributed by atoms with E-state index in [2.05, 4.69) is 167 Å². The van der Waals surface area contributed by atoms with Gasteiger partial charge in [-0.1, -0.05) is 193 Å². The maximum absolute atomic E-state index is 14.8. The zero-order valence-electron chi connectivity index (χ0n) is 90.3. The van der Waals surface area contributed by atoms with E-state index in [1.807, 2.05) is 121 Å². The number of hydrogen-bond donors (Lipinski definition) is 0. The SMILES string of the molecule is C=CC(=O)N1CC(C)N(c2nc(=O)n(-c3c(C)ccnc3C(C)C)c3nc(C4CCC4)c(Cl)cc23)CC1C.C=CC(=O)N1CC(C)N(c2nc(=O)n(-c3c(C)ccnc3CCC)c3nc(C4CC4(C)C)c(Cl)cc23)CC1C.C=CC(=O)N1C[C@H](C)N(C2=NC(=C)N(CC(C)(C)C)c3nc(-c4ccccc4F)c(Cl)cc32)C[C@H]1C.C=CC(=O)N1C[C@H](C)N(c2nc(=NC)n(CC(C)(C)C)c3nc(-c4ccccc4F)c(Cl)cc23)C[C@H]1C. The smallest absolute Gasteiger partial charge is 0.349 e. The standard InChI is InChI=1S/C30H37ClN6O2.C29H35ClN6O2.C28H34ClFN6O.C28H33ClFN5O/c1-8-10-23-26(17(3)11-12-32-23)37-28-20(13-22(31)25(33-28)21-14-30(21,6)7)27(34-29(37)39)36-16-18(4)35(15-19(36)5)24(38)9-2;1-7-23(37)34-14-19(6)35(15-18(34)5)27-21-13-22(30)25(20-9-8-10-20)32-28(21)36(29(38)33-27)26-17(4)11-12-31-24(26)16(2)3;1-8-23(37)34-14-18(3)35(15-17(34)2)26-20-13-21(29)24(19-11-9-10-12-22(19)30)32-25(20)36(16-28(4,5)6)27(31-7)33-26;1-8-24(36)33-14-18(3)34(15-17(33)2)26-21-13-22(29)25(20-11-9-10-12-23(20)30)32-27(21)35(19(4)31-26)16-28(5,6)7/h9,11-13,18-19,21H,2,8,10,14-16H2,1,3-7H3;7,11-13,16,18-20H,1,8-10,14-15H2,2-6H3;8-13,17-18H,1,14-16H2,2-7H3;8-13,17-18H,1,4,14-16H2,2-3,5-7H3/t;;2*17-,18+/m..11/s1. The second-order valence-corrected chi connectivity index (χ2v) is 45.9. The maximum Gasteiger partial charge on any atom is 0.355 e. The number of halogens is 6. The number of nitrogens with zero attached hydrogens (tertiary/aromatic N) is 23. The van der Waals surface area contributed by atoms with Crippen molar-refractivity contribution in [2.45, 2.75) is 257 Å². The Labute approximate surface area is 897 Å². The molecule has 4 amide bonds. The van der Waals surface area contributed by atoms with Gasteiger partial charge in [0.15, 0.2) is 11.3 Å². The molecule has 0 radical (unpaired) electrons. The molecule has 0 N–H and O–H groups in total. The molecule has 792 valence electrons. The highest BCUT2D eigenvalue weighted by Crippen LogP contribution is 2.60. The number of amidine groups is 1. The first kappa shape index (κ1) is 111. The van der Waals surface area contributed by atoms with Crippen LogP contribution in [-0.2, 0) is 32.1 Å². The number of anilines is 4. The minimum absolute atomic E-state index is 0.0105. The predicted octanol–water partition coefficient (Wildman–Crippen LogP) is 21.2. The van der Waals surface area contributed by atoms with E-state index in [-0.39, 0.29) is 106 Å². The van der Waals surface area contributed by atoms with Crippen molar-refractivity contribution in [1.29, 1.82) is 0 Å². The van der Waals surface area contributed by atoms with Gasteiger partial charge < -0.3 is 44.1 Å². The number of carbonyl (C=O) groups excluding carboxylic acids is 4. The molecule has 2 aromatic carbocycles. The molecule has 6 fully saturated rings. The molecule has 2 saturated carbocycles. The molecule has 5 aliphatic heterocycles. The van der Waals surface area contributed by atoms with Gasteiger partial charge in [-0.05, 0) is 213 Å². The van der Waals surface area contributed by atoms with Crippen LogP contribution in [0.2, 0.25) is 20.1 Å². The summed E-state index contributed by atoms with van der Waals surface area (Å²) in [5.41, 5.74) is 10.3. The highest BCUT2D eigenvalue weighted by Gasteiger charge is 2.50. The quantitative estimate of drug-likeness (QED) is 0.0721. The number of hydrogen-bond acceptors (Lipinski definition) is 22. The Balaban J connectivity index is 0.000000149. The summed E-state index contributed by atoms with van der Waals surface area (Å²) >= 11 is 27.2. The molecule has 5 unspecified atom stereocenters. The average molecular weight is 2120 g/mol. The molecular weight excluding hydrogens is 1980 g/mol. The van der Waals surface area contributed by atoms with Crippen LogP contribution in [0, 0.1) is 41.7 Å². The molecule has 35 heteroatoms. The molecule has 0 bridgehead atoms. The molecule has 14 heterocycles. The van der Waals surface area contributed by atoms with Crippen LogP contribution >= 0.6 is 46.4 Å². The largest absolute Gasteiger partial charge is 0.355 e. The van der Waals surface area contributed by atoms with E-state index in [1.165, 1.54) is 36.4 Å². The molecule has 11 aromatic rings. The number of piperazine rings is 4. The van der Waals surface area contributed by atoms with Crippen LogP contribution < -0.4 is 36.6 Å². The van der Waals surface area contributed by atoms with Gasteiger partial charge in [0.2, 0.25) is 29.2 Å². The fraction of sp³-hybridized carbons (Fsp3) is 0.452. The van der Waals surface area contributed by atoms with Gasteiger partial charge in [0.05, 0.1) is 87.4 Å². The van der Waals surface area contributed by atoms with E-state index < -0.39 is 17.2 Å². The van der Waals surface area contributed by atoms with Crippen molar-refractivity contribution in [2.24, 2.45) is 26.2 Å². The van der Waals surface area contributed by atoms with Gasteiger partial charge in [0.1, 0.15) is 52.2 Å². The second-order valence-electron chi connectivity index (χ2n) is 44.2. The molecule has 29 nitrogen and oxygen atoms in total. The maximum atomic E-state index is 14.8. The van der Waals surface area contributed by atoms with Gasteiger partial charge in [-0.25, -0.2) is 52.4 Å². The van der Waals surface area contributed by atoms with Crippen LogP contribution in [0.5, 0.6) is 0 Å². The molecular formula is C115H139Cl4F2N23O6. The Morgan fingerprint density at radius 2 is 0.907 bits per heavy atom. The van der Waals surface area contributed by atoms with E-state index in [9.17, 15) is 37.5 Å². The summed E-state index contributed by atoms with van der Waals surface area (Å²) in [5, 5.41) is 4.06. The van der Waals surface area contributed by atoms with E-state index in [4.69, 9.17) is 76.3 Å². The van der Waals surface area contributed by atoms with E-state index in [1.54, 1.807) is 65.0 Å². The first-order valence-electron chi connectivity index (χ1n) is 51.7. The Morgan fingerprint density at radius 3 is 1.34 bits per heavy atom. The van der Waals surface area contributed by atoms with Crippen LogP contribution in [0.1, 0.15) is 221 Å². The molecule has 9 aromatic heterocycles. The molecule has 7 aliphatic rings. The molecule has 9 atom stereocenters. The minimum atomic E-state index is -0.399. The summed E-state index contributed by atoms with van der Waals surface area (Å²) in [5.74, 6) is 3.18. The number of carbonyl (C=O) groups is 4. The first-order valence-corrected chi connectivity index (χ1v) is 53.2. The molecule has 0 spiro atoms. The Bertz CT molecular complexity index is 7410. The lowest BCUT2D eigenvalue weighted by Crippen LogP contribution is -2.60. The highest BCUT2D eigenvalue weighted by molar-refractivity contribution is 6.35. The summed E-state index contributed by atoms with van der Waals surface area (Å²) in [6.45, 7) is 67.9. The molecule has 18 rings (SSSR count). The van der Waals surface area contributed by atoms with Crippen molar-refractivity contribution in [1.82, 2.24) is 83.1 Å². The van der Waals surface area contributed by atoms with Crippen molar-refractivity contribution in [3.05, 3.63) is 258 Å². The third-order valence-electron chi connectivity index (χ3n) is 29.3. The van der Waals surface area contributed by atoms with Crippen LogP contribution in [0.3, 0.4) is 0 Å². The highest BCUT2D eigenvalue weighted by atomic mass is 35.5. The van der Waals surface area contributed by atoms with Crippen LogP contribution in [0.25, 0.3) is 67.0 Å². The Morgan fingerprint density at radius 1 is 0.500 bits per heavy atom. The van der Waals surface area contributed by atoms with Crippen molar-refractivity contribution in [3.63, 3.8) is 0 Å². The fourth-order valence-corrected chi connectivity index (χ4v) is 22.2. The number of aromatic nitrogens is 12. The lowest BCUT2D eigenvalue weighted by atomic mass is 9.82. The summed E-state index contributed by atoms with van der Waals surface area (Å²) < 4.78 is 34.7. The van der Waals surface area contributed by atoms with E-state index in [0.717, 1.165) is 106 Å². The van der Waals surface area contributed by atoms with Gasteiger partial charge in [0.25, 0.3) is 0 Å². The Hall–Kier alpha value is -13.0. The topological polar surface area (TPSA) is 287 Å². The third kappa shape index (κ3) is 22.7. The predicted molar refractivity (Wildman–Crippen MR) is 599 cm³/mol. The summed E-state index contributed by atoms with van der Waals surface area (Å²) in [6, 6.07) is 23.9. The van der Waals surface area contributed by atoms with Crippen LogP contribution in [0.15, 0.2) is 180 Å². The van der Waals surface area contributed by atoms with Gasteiger partial charge in [-0.3, -0.25) is 38.7 Å². The second kappa shape index (κ2) is 44.9. The number of pyridine rings is 6. The molecule has 2 aliphatic carbocycles. The van der Waals surface area contributed by atoms with Crippen molar-refractivity contribution < 1.29 is 28.0 Å². The fourth-order valence-electron chi connectivity index (χ4n) is 21.2. The number of amides is 4. The number of benzene rings is 2. The van der Waals surface area contributed by atoms with Gasteiger partial charge in [-0.2, -0.15) is 15.0 Å². The number of aryl methyl sites for hydroxylation is 3. The normalized spacial score (nSPS) is 20.4. The van der Waals surface area contributed by atoms with Crippen molar-refractivity contribution >= 4 is 132 Å². The lowest BCUT2D eigenvalue weighted by Gasteiger charge is -2.46. The minimum Gasteiger partial charge on any atom is -0.349 e. The monoisotopic (exact) mass is 2120 g/mol. The van der Waals surface area contributed by atoms with Gasteiger partial charge in [0, 0.05) is 156 Å². The number of rotatable bonds is 18. The summed E-state index contributed by atoms with van der Waals surface area (Å²) in [6.07, 6.45) is 14.8. The van der Waals surface area contributed by atoms with Gasteiger partial charge >= 0.3 is 11.4 Å².